The molecule has 0 radical (unpaired) electrons. The number of nitrogens with one attached hydrogen (secondary N) is 1. The van der Waals surface area contributed by atoms with Gasteiger partial charge in [-0.25, -0.2) is 4.39 Å². The summed E-state index contributed by atoms with van der Waals surface area (Å²) in [6.45, 7) is 2.84. The molecule has 0 unspecified atom stereocenters. The Morgan fingerprint density at radius 3 is 3.08 bits per heavy atom. The van der Waals surface area contributed by atoms with Crippen molar-refractivity contribution in [1.29, 1.82) is 0 Å². The summed E-state index contributed by atoms with van der Waals surface area (Å²) in [6.07, 6.45) is 0.793. The van der Waals surface area contributed by atoms with E-state index in [1.54, 1.807) is 0 Å². The van der Waals surface area contributed by atoms with E-state index in [1.807, 2.05) is 13.0 Å². The van der Waals surface area contributed by atoms with Crippen molar-refractivity contribution in [2.24, 2.45) is 0 Å². The maximum absolute atomic E-state index is 13.4. The summed E-state index contributed by atoms with van der Waals surface area (Å²) in [6, 6.07) is 1.81. The highest BCUT2D eigenvalue weighted by atomic mass is 79.9. The summed E-state index contributed by atoms with van der Waals surface area (Å²) >= 11 is 3.20. The van der Waals surface area contributed by atoms with E-state index >= 15 is 0 Å². The third-order valence-corrected chi connectivity index (χ3v) is 2.77. The van der Waals surface area contributed by atoms with Gasteiger partial charge in [0.15, 0.2) is 0 Å². The summed E-state index contributed by atoms with van der Waals surface area (Å²) < 4.78 is 14.0. The molecule has 12 heavy (non-hydrogen) atoms. The molecule has 0 amide bonds. The first-order valence-electron chi connectivity index (χ1n) is 3.91. The van der Waals surface area contributed by atoms with E-state index in [0.29, 0.717) is 4.47 Å². The van der Waals surface area contributed by atoms with Gasteiger partial charge in [-0.15, -0.1) is 0 Å². The van der Waals surface area contributed by atoms with Gasteiger partial charge in [0.2, 0.25) is 0 Å². The molecular formula is C9H9BrFN. The van der Waals surface area contributed by atoms with Crippen LogP contribution in [0.2, 0.25) is 0 Å². The third kappa shape index (κ3) is 1.04. The first-order chi connectivity index (χ1) is 5.70. The zero-order chi connectivity index (χ0) is 8.72. The topological polar surface area (TPSA) is 12.0 Å². The van der Waals surface area contributed by atoms with Crippen LogP contribution in [-0.2, 0) is 6.42 Å². The quantitative estimate of drug-likeness (QED) is 0.722. The Hall–Kier alpha value is -0.570. The number of benzene rings is 1. The Morgan fingerprint density at radius 2 is 2.33 bits per heavy atom. The van der Waals surface area contributed by atoms with Crippen molar-refractivity contribution in [2.75, 3.05) is 11.9 Å². The van der Waals surface area contributed by atoms with E-state index in [1.165, 1.54) is 0 Å². The number of hydrogen-bond acceptors (Lipinski definition) is 1. The summed E-state index contributed by atoms with van der Waals surface area (Å²) in [7, 11) is 0. The number of hydrogen-bond donors (Lipinski definition) is 1. The van der Waals surface area contributed by atoms with Gasteiger partial charge >= 0.3 is 0 Å². The molecule has 1 nitrogen and oxygen atoms in total. The van der Waals surface area contributed by atoms with Crippen LogP contribution in [0.3, 0.4) is 0 Å². The molecule has 3 heteroatoms. The molecule has 0 aromatic heterocycles. The number of anilines is 1. The molecule has 1 aromatic rings. The molecule has 0 saturated heterocycles. The minimum Gasteiger partial charge on any atom is -0.384 e. The van der Waals surface area contributed by atoms with Crippen molar-refractivity contribution < 1.29 is 4.39 Å². The SMILES string of the molecule is Cc1cc(Br)c(F)c2c1NCC2. The fourth-order valence-corrected chi connectivity index (χ4v) is 2.19. The molecule has 0 spiro atoms. The second-order valence-electron chi connectivity index (χ2n) is 3.02. The Balaban J connectivity index is 2.69. The molecule has 2 rings (SSSR count). The molecule has 1 aromatic carbocycles. The average molecular weight is 230 g/mol. The van der Waals surface area contributed by atoms with Crippen LogP contribution in [0.4, 0.5) is 10.1 Å². The average Bonchev–Trinajstić information content (AvgIpc) is 2.48. The Bertz CT molecular complexity index is 336. The minimum absolute atomic E-state index is 0.111. The van der Waals surface area contributed by atoms with E-state index in [2.05, 4.69) is 21.2 Å². The van der Waals surface area contributed by atoms with Crippen molar-refractivity contribution in [1.82, 2.24) is 0 Å². The van der Waals surface area contributed by atoms with Crippen LogP contribution >= 0.6 is 15.9 Å². The number of aryl methyl sites for hydroxylation is 1. The highest BCUT2D eigenvalue weighted by Gasteiger charge is 2.18. The first kappa shape index (κ1) is 8.05. The molecule has 1 aliphatic heterocycles. The van der Waals surface area contributed by atoms with Crippen molar-refractivity contribution in [3.63, 3.8) is 0 Å². The highest BCUT2D eigenvalue weighted by Crippen LogP contribution is 2.32. The molecule has 0 atom stereocenters. The zero-order valence-electron chi connectivity index (χ0n) is 6.75. The van der Waals surface area contributed by atoms with Crippen molar-refractivity contribution in [3.05, 3.63) is 27.5 Å². The third-order valence-electron chi connectivity index (χ3n) is 2.19. The Morgan fingerprint density at radius 1 is 1.58 bits per heavy atom. The van der Waals surface area contributed by atoms with E-state index in [-0.39, 0.29) is 5.82 Å². The highest BCUT2D eigenvalue weighted by molar-refractivity contribution is 9.10. The lowest BCUT2D eigenvalue weighted by Crippen LogP contribution is -1.93. The monoisotopic (exact) mass is 229 g/mol. The van der Waals surface area contributed by atoms with Crippen molar-refractivity contribution in [3.8, 4) is 0 Å². The molecule has 0 bridgehead atoms. The molecule has 0 saturated carbocycles. The summed E-state index contributed by atoms with van der Waals surface area (Å²) in [5.41, 5.74) is 2.91. The molecule has 1 N–H and O–H groups in total. The minimum atomic E-state index is -0.111. The van der Waals surface area contributed by atoms with Crippen LogP contribution in [-0.4, -0.2) is 6.54 Å². The molecule has 0 fully saturated rings. The van der Waals surface area contributed by atoms with Crippen LogP contribution in [0.25, 0.3) is 0 Å². The molecular weight excluding hydrogens is 221 g/mol. The van der Waals surface area contributed by atoms with Crippen LogP contribution < -0.4 is 5.32 Å². The Labute approximate surface area is 79.1 Å². The smallest absolute Gasteiger partial charge is 0.142 e. The van der Waals surface area contributed by atoms with Crippen LogP contribution in [0.15, 0.2) is 10.5 Å². The number of halogens is 2. The normalized spacial score (nSPS) is 14.2. The predicted molar refractivity (Wildman–Crippen MR) is 51.0 cm³/mol. The fourth-order valence-electron chi connectivity index (χ4n) is 1.61. The maximum atomic E-state index is 13.4. The van der Waals surface area contributed by atoms with Gasteiger partial charge in [-0.1, -0.05) is 0 Å². The van der Waals surface area contributed by atoms with Crippen LogP contribution in [0.5, 0.6) is 0 Å². The van der Waals surface area contributed by atoms with Gasteiger partial charge < -0.3 is 5.32 Å². The molecule has 64 valence electrons. The van der Waals surface area contributed by atoms with Gasteiger partial charge in [0, 0.05) is 17.8 Å². The van der Waals surface area contributed by atoms with Crippen LogP contribution in [0, 0.1) is 12.7 Å². The number of rotatable bonds is 0. The van der Waals surface area contributed by atoms with E-state index in [4.69, 9.17) is 0 Å². The van der Waals surface area contributed by atoms with Gasteiger partial charge in [-0.05, 0) is 40.9 Å². The second-order valence-corrected chi connectivity index (χ2v) is 3.87. The maximum Gasteiger partial charge on any atom is 0.142 e. The van der Waals surface area contributed by atoms with Gasteiger partial charge in [-0.3, -0.25) is 0 Å². The predicted octanol–water partition coefficient (Wildman–Crippen LogP) is 2.86. The summed E-state index contributed by atoms with van der Waals surface area (Å²) in [5.74, 6) is -0.111. The molecule has 1 heterocycles. The lowest BCUT2D eigenvalue weighted by molar-refractivity contribution is 0.608. The van der Waals surface area contributed by atoms with E-state index in [9.17, 15) is 4.39 Å². The Kier molecular flexibility index (Phi) is 1.83. The van der Waals surface area contributed by atoms with Crippen molar-refractivity contribution >= 4 is 21.6 Å². The summed E-state index contributed by atoms with van der Waals surface area (Å²) in [5, 5.41) is 3.18. The number of fused-ring (bicyclic) bond motifs is 1. The molecule has 1 aliphatic rings. The van der Waals surface area contributed by atoms with E-state index in [0.717, 1.165) is 29.8 Å². The fraction of sp³-hybridized carbons (Fsp3) is 0.333. The van der Waals surface area contributed by atoms with Gasteiger partial charge in [0.05, 0.1) is 4.47 Å². The summed E-state index contributed by atoms with van der Waals surface area (Å²) in [4.78, 5) is 0. The zero-order valence-corrected chi connectivity index (χ0v) is 8.33. The van der Waals surface area contributed by atoms with Gasteiger partial charge in [0.1, 0.15) is 5.82 Å². The van der Waals surface area contributed by atoms with Gasteiger partial charge in [-0.2, -0.15) is 0 Å². The van der Waals surface area contributed by atoms with Crippen LogP contribution in [0.1, 0.15) is 11.1 Å². The largest absolute Gasteiger partial charge is 0.384 e. The lowest BCUT2D eigenvalue weighted by atomic mass is 10.1. The van der Waals surface area contributed by atoms with Crippen molar-refractivity contribution in [2.45, 2.75) is 13.3 Å². The lowest BCUT2D eigenvalue weighted by Gasteiger charge is -2.06. The first-order valence-corrected chi connectivity index (χ1v) is 4.71. The standard InChI is InChI=1S/C9H9BrFN/c1-5-4-7(10)8(11)6-2-3-12-9(5)6/h4,12H,2-3H2,1H3. The molecule has 0 aliphatic carbocycles. The van der Waals surface area contributed by atoms with Gasteiger partial charge in [0.25, 0.3) is 0 Å². The van der Waals surface area contributed by atoms with E-state index < -0.39 is 0 Å². The second kappa shape index (κ2) is 2.73.